The monoisotopic (exact) mass is 245 g/mol. The van der Waals surface area contributed by atoms with E-state index in [-0.39, 0.29) is 6.04 Å². The summed E-state index contributed by atoms with van der Waals surface area (Å²) >= 11 is 0. The van der Waals surface area contributed by atoms with E-state index >= 15 is 0 Å². The SMILES string of the molecule is O=C(O)C1CCCN1Cc1ccc(C2CC2)cc1. The average molecular weight is 245 g/mol. The molecule has 3 nitrogen and oxygen atoms in total. The first-order valence-corrected chi connectivity index (χ1v) is 6.80. The molecule has 1 atom stereocenters. The molecule has 2 aliphatic rings. The molecule has 1 N–H and O–H groups in total. The molecule has 0 bridgehead atoms. The first-order chi connectivity index (χ1) is 8.74. The summed E-state index contributed by atoms with van der Waals surface area (Å²) in [5.74, 6) is 0.111. The van der Waals surface area contributed by atoms with Crippen molar-refractivity contribution in [2.75, 3.05) is 6.54 Å². The van der Waals surface area contributed by atoms with Crippen molar-refractivity contribution in [3.63, 3.8) is 0 Å². The molecule has 1 aliphatic carbocycles. The summed E-state index contributed by atoms with van der Waals surface area (Å²) in [7, 11) is 0. The standard InChI is InChI=1S/C15H19NO2/c17-15(18)14-2-1-9-16(14)10-11-3-5-12(6-4-11)13-7-8-13/h3-6,13-14H,1-2,7-10H2,(H,17,18). The summed E-state index contributed by atoms with van der Waals surface area (Å²) in [5.41, 5.74) is 2.67. The van der Waals surface area contributed by atoms with Gasteiger partial charge in [0.15, 0.2) is 0 Å². The molecule has 1 aliphatic heterocycles. The Morgan fingerprint density at radius 1 is 1.22 bits per heavy atom. The van der Waals surface area contributed by atoms with E-state index in [1.807, 2.05) is 0 Å². The van der Waals surface area contributed by atoms with E-state index in [9.17, 15) is 4.79 Å². The Hall–Kier alpha value is -1.35. The van der Waals surface area contributed by atoms with Crippen molar-refractivity contribution < 1.29 is 9.90 Å². The molecular formula is C15H19NO2. The van der Waals surface area contributed by atoms with Crippen LogP contribution in [-0.4, -0.2) is 28.6 Å². The lowest BCUT2D eigenvalue weighted by atomic mass is 10.1. The van der Waals surface area contributed by atoms with Crippen LogP contribution in [-0.2, 0) is 11.3 Å². The lowest BCUT2D eigenvalue weighted by molar-refractivity contribution is -0.142. The largest absolute Gasteiger partial charge is 0.480 e. The topological polar surface area (TPSA) is 40.5 Å². The molecule has 0 radical (unpaired) electrons. The van der Waals surface area contributed by atoms with Gasteiger partial charge in [-0.3, -0.25) is 9.69 Å². The highest BCUT2D eigenvalue weighted by molar-refractivity contribution is 5.73. The van der Waals surface area contributed by atoms with Crippen LogP contribution in [0.5, 0.6) is 0 Å². The van der Waals surface area contributed by atoms with Crippen LogP contribution >= 0.6 is 0 Å². The van der Waals surface area contributed by atoms with Gasteiger partial charge in [0.05, 0.1) is 0 Å². The Morgan fingerprint density at radius 2 is 1.94 bits per heavy atom. The van der Waals surface area contributed by atoms with Crippen LogP contribution in [0.25, 0.3) is 0 Å². The molecule has 3 heteroatoms. The summed E-state index contributed by atoms with van der Waals surface area (Å²) in [6, 6.07) is 8.45. The zero-order valence-corrected chi connectivity index (χ0v) is 10.5. The van der Waals surface area contributed by atoms with Gasteiger partial charge in [0.25, 0.3) is 0 Å². The van der Waals surface area contributed by atoms with Gasteiger partial charge in [0, 0.05) is 6.54 Å². The van der Waals surface area contributed by atoms with Crippen molar-refractivity contribution in [1.82, 2.24) is 4.90 Å². The number of carbonyl (C=O) groups is 1. The van der Waals surface area contributed by atoms with Crippen molar-refractivity contribution in [1.29, 1.82) is 0 Å². The smallest absolute Gasteiger partial charge is 0.320 e. The van der Waals surface area contributed by atoms with E-state index in [2.05, 4.69) is 29.2 Å². The predicted octanol–water partition coefficient (Wildman–Crippen LogP) is 2.61. The maximum atomic E-state index is 11.1. The zero-order valence-electron chi connectivity index (χ0n) is 10.5. The van der Waals surface area contributed by atoms with E-state index in [0.717, 1.165) is 31.8 Å². The molecular weight excluding hydrogens is 226 g/mol. The third-order valence-corrected chi connectivity index (χ3v) is 4.06. The van der Waals surface area contributed by atoms with Crippen LogP contribution in [0, 0.1) is 0 Å². The molecule has 0 aromatic heterocycles. The highest BCUT2D eigenvalue weighted by atomic mass is 16.4. The summed E-state index contributed by atoms with van der Waals surface area (Å²) < 4.78 is 0. The van der Waals surface area contributed by atoms with Crippen LogP contribution in [0.1, 0.15) is 42.7 Å². The molecule has 1 aromatic rings. The Kier molecular flexibility index (Phi) is 3.08. The van der Waals surface area contributed by atoms with Crippen LogP contribution in [0.3, 0.4) is 0 Å². The molecule has 1 heterocycles. The lowest BCUT2D eigenvalue weighted by Crippen LogP contribution is -2.35. The van der Waals surface area contributed by atoms with Crippen molar-refractivity contribution >= 4 is 5.97 Å². The number of hydrogen-bond donors (Lipinski definition) is 1. The minimum atomic E-state index is -0.679. The minimum Gasteiger partial charge on any atom is -0.480 e. The number of hydrogen-bond acceptors (Lipinski definition) is 2. The summed E-state index contributed by atoms with van der Waals surface area (Å²) in [6.07, 6.45) is 4.44. The fourth-order valence-electron chi connectivity index (χ4n) is 2.84. The van der Waals surface area contributed by atoms with Gasteiger partial charge in [-0.15, -0.1) is 0 Å². The van der Waals surface area contributed by atoms with Gasteiger partial charge < -0.3 is 5.11 Å². The predicted molar refractivity (Wildman–Crippen MR) is 69.5 cm³/mol. The second-order valence-corrected chi connectivity index (χ2v) is 5.48. The Bertz CT molecular complexity index is 436. The van der Waals surface area contributed by atoms with Gasteiger partial charge in [0.2, 0.25) is 0 Å². The fraction of sp³-hybridized carbons (Fsp3) is 0.533. The normalized spacial score (nSPS) is 24.3. The van der Waals surface area contributed by atoms with Crippen LogP contribution in [0.15, 0.2) is 24.3 Å². The first kappa shape index (κ1) is 11.7. The van der Waals surface area contributed by atoms with Crippen molar-refractivity contribution in [2.24, 2.45) is 0 Å². The molecule has 1 saturated carbocycles. The maximum Gasteiger partial charge on any atom is 0.320 e. The van der Waals surface area contributed by atoms with E-state index in [1.165, 1.54) is 24.0 Å². The molecule has 0 spiro atoms. The van der Waals surface area contributed by atoms with Crippen molar-refractivity contribution in [3.05, 3.63) is 35.4 Å². The van der Waals surface area contributed by atoms with Crippen LogP contribution in [0.4, 0.5) is 0 Å². The molecule has 1 saturated heterocycles. The number of carboxylic acids is 1. The number of rotatable bonds is 4. The molecule has 0 amide bonds. The molecule has 96 valence electrons. The summed E-state index contributed by atoms with van der Waals surface area (Å²) in [4.78, 5) is 13.2. The Morgan fingerprint density at radius 3 is 2.56 bits per heavy atom. The van der Waals surface area contributed by atoms with Gasteiger partial charge in [-0.25, -0.2) is 0 Å². The van der Waals surface area contributed by atoms with E-state index < -0.39 is 5.97 Å². The van der Waals surface area contributed by atoms with Crippen LogP contribution < -0.4 is 0 Å². The van der Waals surface area contributed by atoms with E-state index in [0.29, 0.717) is 0 Å². The van der Waals surface area contributed by atoms with Gasteiger partial charge in [-0.1, -0.05) is 24.3 Å². The summed E-state index contributed by atoms with van der Waals surface area (Å²) in [5, 5.41) is 9.15. The third-order valence-electron chi connectivity index (χ3n) is 4.06. The Balaban J connectivity index is 1.66. The molecule has 18 heavy (non-hydrogen) atoms. The first-order valence-electron chi connectivity index (χ1n) is 6.80. The second-order valence-electron chi connectivity index (χ2n) is 5.48. The van der Waals surface area contributed by atoms with Crippen molar-refractivity contribution in [2.45, 2.75) is 44.2 Å². The quantitative estimate of drug-likeness (QED) is 0.886. The fourth-order valence-corrected chi connectivity index (χ4v) is 2.84. The third kappa shape index (κ3) is 2.41. The van der Waals surface area contributed by atoms with Gasteiger partial charge >= 0.3 is 5.97 Å². The van der Waals surface area contributed by atoms with E-state index in [1.54, 1.807) is 0 Å². The number of likely N-dealkylation sites (tertiary alicyclic amines) is 1. The molecule has 2 fully saturated rings. The number of benzene rings is 1. The average Bonchev–Trinajstić information content (AvgIpc) is 3.10. The number of carboxylic acid groups (broad SMARTS) is 1. The molecule has 3 rings (SSSR count). The molecule has 1 unspecified atom stereocenters. The zero-order chi connectivity index (χ0) is 12.5. The second kappa shape index (κ2) is 4.73. The number of nitrogens with zero attached hydrogens (tertiary/aromatic N) is 1. The number of aliphatic carboxylic acids is 1. The maximum absolute atomic E-state index is 11.1. The van der Waals surface area contributed by atoms with Gasteiger partial charge in [-0.2, -0.15) is 0 Å². The van der Waals surface area contributed by atoms with Crippen molar-refractivity contribution in [3.8, 4) is 0 Å². The van der Waals surface area contributed by atoms with Gasteiger partial charge in [0.1, 0.15) is 6.04 Å². The Labute approximate surface area is 107 Å². The highest BCUT2D eigenvalue weighted by Crippen LogP contribution is 2.39. The van der Waals surface area contributed by atoms with Gasteiger partial charge in [-0.05, 0) is 49.3 Å². The highest BCUT2D eigenvalue weighted by Gasteiger charge is 2.30. The molecule has 1 aromatic carbocycles. The lowest BCUT2D eigenvalue weighted by Gasteiger charge is -2.21. The summed E-state index contributed by atoms with van der Waals surface area (Å²) in [6.45, 7) is 1.67. The minimum absolute atomic E-state index is 0.284. The van der Waals surface area contributed by atoms with Crippen LogP contribution in [0.2, 0.25) is 0 Å². The van der Waals surface area contributed by atoms with E-state index in [4.69, 9.17) is 5.11 Å².